The molecule has 0 amide bonds. The number of aromatic nitrogens is 2. The van der Waals surface area contributed by atoms with Crippen LogP contribution in [0.2, 0.25) is 0 Å². The maximum Gasteiger partial charge on any atom is 0.416 e. The number of sulfonamides is 1. The Morgan fingerprint density at radius 2 is 1.78 bits per heavy atom. The summed E-state index contributed by atoms with van der Waals surface area (Å²) in [4.78, 5) is 29.3. The van der Waals surface area contributed by atoms with Gasteiger partial charge in [0.15, 0.2) is 0 Å². The molecule has 1 unspecified atom stereocenters. The molecule has 4 rings (SSSR count). The average molecular weight is 520 g/mol. The predicted octanol–water partition coefficient (Wildman–Crippen LogP) is 3.93. The third kappa shape index (κ3) is 5.36. The topological polar surface area (TPSA) is 112 Å². The molecule has 0 aliphatic heterocycles. The first-order valence-corrected chi connectivity index (χ1v) is 12.7. The van der Waals surface area contributed by atoms with Crippen molar-refractivity contribution < 1.29 is 21.6 Å². The standard InChI is InChI=1S/C25H24F3N3O4S/c1-29-36(34,35)21-14-18(25(26,27)28)11-12-19(21)16-7-9-17(10-8-16)22-20(23(32)31-24(33)30-22)13-15-5-3-2-4-6-15/h2-7,11-12,14,17,29H,8-10,13H2,1H3,(H2,30,31,32,33). The van der Waals surface area contributed by atoms with Crippen molar-refractivity contribution in [2.24, 2.45) is 0 Å². The molecule has 190 valence electrons. The summed E-state index contributed by atoms with van der Waals surface area (Å²) in [6.45, 7) is 0. The Balaban J connectivity index is 1.70. The van der Waals surface area contributed by atoms with Gasteiger partial charge in [0.1, 0.15) is 0 Å². The summed E-state index contributed by atoms with van der Waals surface area (Å²) in [5, 5.41) is 0. The number of allylic oxidation sites excluding steroid dienone is 2. The number of aromatic amines is 2. The summed E-state index contributed by atoms with van der Waals surface area (Å²) < 4.78 is 66.9. The monoisotopic (exact) mass is 519 g/mol. The Labute approximate surface area is 205 Å². The van der Waals surface area contributed by atoms with Crippen molar-refractivity contribution in [3.8, 4) is 0 Å². The molecule has 0 fully saturated rings. The van der Waals surface area contributed by atoms with Crippen molar-refractivity contribution in [1.82, 2.24) is 14.7 Å². The van der Waals surface area contributed by atoms with Crippen LogP contribution in [0.3, 0.4) is 0 Å². The van der Waals surface area contributed by atoms with E-state index in [1.807, 2.05) is 30.3 Å². The molecular formula is C25H24F3N3O4S. The van der Waals surface area contributed by atoms with Crippen LogP contribution in [-0.4, -0.2) is 25.4 Å². The van der Waals surface area contributed by atoms with Gasteiger partial charge in [0.25, 0.3) is 5.56 Å². The molecule has 2 aromatic carbocycles. The zero-order chi connectivity index (χ0) is 26.1. The number of alkyl halides is 3. The highest BCUT2D eigenvalue weighted by Crippen LogP contribution is 2.39. The molecule has 1 atom stereocenters. The van der Waals surface area contributed by atoms with E-state index < -0.39 is 37.9 Å². The number of hydrogen-bond donors (Lipinski definition) is 3. The lowest BCUT2D eigenvalue weighted by Gasteiger charge is -2.25. The first-order valence-electron chi connectivity index (χ1n) is 11.2. The maximum atomic E-state index is 13.2. The van der Waals surface area contributed by atoms with Gasteiger partial charge in [-0.2, -0.15) is 13.2 Å². The number of hydrogen-bond acceptors (Lipinski definition) is 4. The van der Waals surface area contributed by atoms with E-state index in [4.69, 9.17) is 0 Å². The summed E-state index contributed by atoms with van der Waals surface area (Å²) in [6, 6.07) is 12.0. The second kappa shape index (κ2) is 9.90. The normalized spacial score (nSPS) is 16.6. The molecule has 3 N–H and O–H groups in total. The van der Waals surface area contributed by atoms with Crippen LogP contribution in [0.5, 0.6) is 0 Å². The molecule has 3 aromatic rings. The predicted molar refractivity (Wildman–Crippen MR) is 129 cm³/mol. The minimum absolute atomic E-state index is 0.194. The Hall–Kier alpha value is -3.44. The van der Waals surface area contributed by atoms with Gasteiger partial charge in [0.2, 0.25) is 10.0 Å². The van der Waals surface area contributed by atoms with Crippen LogP contribution >= 0.6 is 0 Å². The van der Waals surface area contributed by atoms with E-state index in [-0.39, 0.29) is 11.5 Å². The number of halogens is 3. The molecule has 0 saturated heterocycles. The van der Waals surface area contributed by atoms with Crippen molar-refractivity contribution in [3.63, 3.8) is 0 Å². The first kappa shape index (κ1) is 25.6. The SMILES string of the molecule is CNS(=O)(=O)c1cc(C(F)(F)F)ccc1C1=CCC(c2[nH]c(=O)[nH]c(=O)c2Cc2ccccc2)CC1. The summed E-state index contributed by atoms with van der Waals surface area (Å²) in [6.07, 6.45) is -1.43. The zero-order valence-electron chi connectivity index (χ0n) is 19.3. The maximum absolute atomic E-state index is 13.2. The first-order chi connectivity index (χ1) is 17.0. The minimum Gasteiger partial charge on any atom is -0.311 e. The summed E-state index contributed by atoms with van der Waals surface area (Å²) in [5.41, 5.74) is 0.486. The lowest BCUT2D eigenvalue weighted by Crippen LogP contribution is -2.30. The molecular weight excluding hydrogens is 495 g/mol. The molecule has 0 radical (unpaired) electrons. The van der Waals surface area contributed by atoms with Crippen LogP contribution in [0.15, 0.2) is 69.1 Å². The van der Waals surface area contributed by atoms with Gasteiger partial charge in [-0.15, -0.1) is 0 Å². The lowest BCUT2D eigenvalue weighted by atomic mass is 9.82. The minimum atomic E-state index is -4.69. The summed E-state index contributed by atoms with van der Waals surface area (Å²) in [7, 11) is -3.02. The summed E-state index contributed by atoms with van der Waals surface area (Å²) in [5.74, 6) is -0.221. The quantitative estimate of drug-likeness (QED) is 0.458. The van der Waals surface area contributed by atoms with Gasteiger partial charge in [0.05, 0.1) is 10.5 Å². The highest BCUT2D eigenvalue weighted by molar-refractivity contribution is 7.89. The Bertz CT molecular complexity index is 1520. The number of benzene rings is 2. The van der Waals surface area contributed by atoms with E-state index in [1.165, 1.54) is 6.07 Å². The lowest BCUT2D eigenvalue weighted by molar-refractivity contribution is -0.137. The highest BCUT2D eigenvalue weighted by Gasteiger charge is 2.33. The van der Waals surface area contributed by atoms with E-state index in [0.29, 0.717) is 48.6 Å². The van der Waals surface area contributed by atoms with Crippen LogP contribution in [0.1, 0.15) is 53.1 Å². The van der Waals surface area contributed by atoms with E-state index in [0.717, 1.165) is 18.7 Å². The van der Waals surface area contributed by atoms with E-state index in [1.54, 1.807) is 6.08 Å². The molecule has 1 aliphatic rings. The third-order valence-corrected chi connectivity index (χ3v) is 7.78. The molecule has 1 aromatic heterocycles. The van der Waals surface area contributed by atoms with Crippen molar-refractivity contribution in [1.29, 1.82) is 0 Å². The van der Waals surface area contributed by atoms with Gasteiger partial charge in [-0.05, 0) is 55.1 Å². The molecule has 1 heterocycles. The molecule has 0 saturated carbocycles. The Morgan fingerprint density at radius 1 is 1.06 bits per heavy atom. The number of nitrogens with one attached hydrogen (secondary N) is 3. The molecule has 7 nitrogen and oxygen atoms in total. The van der Waals surface area contributed by atoms with Crippen molar-refractivity contribution >= 4 is 15.6 Å². The second-order valence-corrected chi connectivity index (χ2v) is 10.4. The molecule has 36 heavy (non-hydrogen) atoms. The fraction of sp³-hybridized carbons (Fsp3) is 0.280. The van der Waals surface area contributed by atoms with Gasteiger partial charge < -0.3 is 4.98 Å². The van der Waals surface area contributed by atoms with E-state index >= 15 is 0 Å². The molecule has 1 aliphatic carbocycles. The fourth-order valence-corrected chi connectivity index (χ4v) is 5.48. The van der Waals surface area contributed by atoms with Crippen LogP contribution in [-0.2, 0) is 22.6 Å². The molecule has 11 heteroatoms. The fourth-order valence-electron chi connectivity index (χ4n) is 4.49. The number of H-pyrrole nitrogens is 2. The second-order valence-electron chi connectivity index (χ2n) is 8.58. The van der Waals surface area contributed by atoms with Crippen LogP contribution in [0.25, 0.3) is 5.57 Å². The van der Waals surface area contributed by atoms with Crippen LogP contribution in [0, 0.1) is 0 Å². The van der Waals surface area contributed by atoms with Crippen molar-refractivity contribution in [3.05, 3.63) is 103 Å². The van der Waals surface area contributed by atoms with Crippen molar-refractivity contribution in [2.45, 2.75) is 42.7 Å². The number of rotatable bonds is 6. The van der Waals surface area contributed by atoms with Gasteiger partial charge in [-0.1, -0.05) is 42.5 Å². The van der Waals surface area contributed by atoms with E-state index in [9.17, 15) is 31.2 Å². The molecule has 0 bridgehead atoms. The third-order valence-electron chi connectivity index (χ3n) is 6.33. The highest BCUT2D eigenvalue weighted by atomic mass is 32.2. The van der Waals surface area contributed by atoms with Crippen LogP contribution < -0.4 is 16.0 Å². The molecule has 0 spiro atoms. The van der Waals surface area contributed by atoms with Gasteiger partial charge in [-0.3, -0.25) is 9.78 Å². The van der Waals surface area contributed by atoms with E-state index in [2.05, 4.69) is 14.7 Å². The smallest absolute Gasteiger partial charge is 0.311 e. The summed E-state index contributed by atoms with van der Waals surface area (Å²) >= 11 is 0. The zero-order valence-corrected chi connectivity index (χ0v) is 20.1. The Morgan fingerprint density at radius 3 is 2.39 bits per heavy atom. The van der Waals surface area contributed by atoms with Gasteiger partial charge >= 0.3 is 11.9 Å². The van der Waals surface area contributed by atoms with Crippen molar-refractivity contribution in [2.75, 3.05) is 7.05 Å². The average Bonchev–Trinajstić information content (AvgIpc) is 2.85. The van der Waals surface area contributed by atoms with Gasteiger partial charge in [-0.25, -0.2) is 17.9 Å². The Kier molecular flexibility index (Phi) is 7.05. The van der Waals surface area contributed by atoms with Gasteiger partial charge in [0, 0.05) is 23.6 Å². The largest absolute Gasteiger partial charge is 0.416 e. The van der Waals surface area contributed by atoms with Crippen LogP contribution in [0.4, 0.5) is 13.2 Å².